The zero-order valence-electron chi connectivity index (χ0n) is 30.8. The first-order chi connectivity index (χ1) is 27.8. The molecule has 0 heterocycles. The summed E-state index contributed by atoms with van der Waals surface area (Å²) in [4.78, 5) is 2.44. The first-order valence-corrected chi connectivity index (χ1v) is 19.4. The van der Waals surface area contributed by atoms with Crippen LogP contribution in [0.15, 0.2) is 224 Å². The Hall–Kier alpha value is -7.22. The van der Waals surface area contributed by atoms with Crippen molar-refractivity contribution < 1.29 is 0 Å². The highest BCUT2D eigenvalue weighted by atomic mass is 15.1. The lowest BCUT2D eigenvalue weighted by atomic mass is 9.68. The van der Waals surface area contributed by atoms with Crippen molar-refractivity contribution in [3.63, 3.8) is 0 Å². The topological polar surface area (TPSA) is 3.24 Å². The van der Waals surface area contributed by atoms with E-state index in [0.29, 0.717) is 0 Å². The number of fused-ring (bicyclic) bond motifs is 9. The molecule has 0 aromatic heterocycles. The van der Waals surface area contributed by atoms with E-state index in [-0.39, 0.29) is 0 Å². The molecule has 1 nitrogen and oxygen atoms in total. The lowest BCUT2D eigenvalue weighted by Crippen LogP contribution is -2.28. The molecule has 0 unspecified atom stereocenters. The van der Waals surface area contributed by atoms with Gasteiger partial charge in [-0.05, 0) is 113 Å². The van der Waals surface area contributed by atoms with Crippen LogP contribution in [0.25, 0.3) is 54.6 Å². The third kappa shape index (κ3) is 4.88. The first kappa shape index (κ1) is 32.2. The Balaban J connectivity index is 1.16. The van der Waals surface area contributed by atoms with Gasteiger partial charge in [0.25, 0.3) is 0 Å². The highest BCUT2D eigenvalue weighted by Crippen LogP contribution is 2.57. The molecule has 0 amide bonds. The summed E-state index contributed by atoms with van der Waals surface area (Å²) in [6.07, 6.45) is 0. The van der Waals surface area contributed by atoms with Crippen LogP contribution >= 0.6 is 0 Å². The predicted molar refractivity (Wildman–Crippen MR) is 236 cm³/mol. The van der Waals surface area contributed by atoms with E-state index in [1.807, 2.05) is 0 Å². The van der Waals surface area contributed by atoms with E-state index in [2.05, 4.69) is 229 Å². The van der Waals surface area contributed by atoms with Gasteiger partial charge < -0.3 is 4.90 Å². The number of hydrogen-bond acceptors (Lipinski definition) is 1. The van der Waals surface area contributed by atoms with E-state index in [4.69, 9.17) is 0 Å². The summed E-state index contributed by atoms with van der Waals surface area (Å²) in [7, 11) is 0. The molecular formula is C55H37N. The lowest BCUT2D eigenvalue weighted by molar-refractivity contribution is 0.768. The highest BCUT2D eigenvalue weighted by molar-refractivity contribution is 6.25. The second-order valence-corrected chi connectivity index (χ2v) is 14.8. The summed E-state index contributed by atoms with van der Waals surface area (Å²) in [6, 6.07) is 82.5. The van der Waals surface area contributed by atoms with Crippen molar-refractivity contribution in [1.29, 1.82) is 0 Å². The summed E-state index contributed by atoms with van der Waals surface area (Å²) in [5.41, 5.74) is 13.0. The molecule has 0 fully saturated rings. The van der Waals surface area contributed by atoms with E-state index in [1.165, 1.54) is 76.8 Å². The SMILES string of the molecule is c1ccc(-c2ccc(N(c3ccc4c(c3)-c3ccccc3C4(c3ccccc3)c3ccccc3)c3ccc4c5ccccc5c5ccccc5c4c3)cc2)cc1. The minimum absolute atomic E-state index is 0.446. The first-order valence-electron chi connectivity index (χ1n) is 19.4. The minimum atomic E-state index is -0.446. The van der Waals surface area contributed by atoms with Crippen molar-refractivity contribution in [1.82, 2.24) is 0 Å². The predicted octanol–water partition coefficient (Wildman–Crippen LogP) is 14.6. The van der Waals surface area contributed by atoms with Gasteiger partial charge in [0, 0.05) is 17.1 Å². The van der Waals surface area contributed by atoms with E-state index in [9.17, 15) is 0 Å². The van der Waals surface area contributed by atoms with Crippen LogP contribution in [0.5, 0.6) is 0 Å². The fourth-order valence-electron chi connectivity index (χ4n) is 9.49. The molecule has 10 aromatic carbocycles. The standard InChI is InChI=1S/C55H37N/c1-4-16-38(17-5-1)39-28-30-42(31-29-39)56(43-32-34-49-47-24-11-10-22-45(47)46-23-12-13-25-48(46)51(49)36-43)44-33-35-54-52(37-44)50-26-14-15-27-53(50)55(54,40-18-6-2-7-19-40)41-20-8-3-9-21-41/h1-37H. The average molecular weight is 712 g/mol. The lowest BCUT2D eigenvalue weighted by Gasteiger charge is -2.34. The van der Waals surface area contributed by atoms with Gasteiger partial charge in [-0.15, -0.1) is 0 Å². The average Bonchev–Trinajstić information content (AvgIpc) is 3.58. The smallest absolute Gasteiger partial charge is 0.0713 e. The van der Waals surface area contributed by atoms with Crippen LogP contribution < -0.4 is 4.90 Å². The molecule has 0 saturated carbocycles. The van der Waals surface area contributed by atoms with Gasteiger partial charge in [0.2, 0.25) is 0 Å². The number of rotatable bonds is 6. The van der Waals surface area contributed by atoms with Crippen LogP contribution in [0.4, 0.5) is 17.1 Å². The molecule has 262 valence electrons. The fraction of sp³-hybridized carbons (Fsp3) is 0.0182. The molecule has 0 bridgehead atoms. The Morgan fingerprint density at radius 2 is 0.696 bits per heavy atom. The maximum absolute atomic E-state index is 2.44. The van der Waals surface area contributed by atoms with Crippen LogP contribution in [-0.4, -0.2) is 0 Å². The van der Waals surface area contributed by atoms with Crippen molar-refractivity contribution in [3.05, 3.63) is 247 Å². The van der Waals surface area contributed by atoms with Gasteiger partial charge in [-0.1, -0.05) is 188 Å². The summed E-state index contributed by atoms with van der Waals surface area (Å²) >= 11 is 0. The largest absolute Gasteiger partial charge is 0.310 e. The van der Waals surface area contributed by atoms with Gasteiger partial charge in [-0.2, -0.15) is 0 Å². The molecule has 56 heavy (non-hydrogen) atoms. The van der Waals surface area contributed by atoms with Gasteiger partial charge in [0.15, 0.2) is 0 Å². The molecule has 0 spiro atoms. The molecule has 0 N–H and O–H groups in total. The van der Waals surface area contributed by atoms with E-state index in [0.717, 1.165) is 17.1 Å². The van der Waals surface area contributed by atoms with E-state index < -0.39 is 5.41 Å². The van der Waals surface area contributed by atoms with Crippen LogP contribution in [0.3, 0.4) is 0 Å². The summed E-state index contributed by atoms with van der Waals surface area (Å²) < 4.78 is 0. The zero-order valence-corrected chi connectivity index (χ0v) is 30.8. The van der Waals surface area contributed by atoms with Gasteiger partial charge in [0.05, 0.1) is 5.41 Å². The van der Waals surface area contributed by atoms with Gasteiger partial charge >= 0.3 is 0 Å². The molecule has 0 aliphatic heterocycles. The third-order valence-corrected chi connectivity index (χ3v) is 11.9. The van der Waals surface area contributed by atoms with E-state index in [1.54, 1.807) is 0 Å². The van der Waals surface area contributed by atoms with Crippen LogP contribution in [-0.2, 0) is 5.41 Å². The van der Waals surface area contributed by atoms with Crippen molar-refractivity contribution in [2.75, 3.05) is 4.90 Å². The molecule has 0 atom stereocenters. The maximum Gasteiger partial charge on any atom is 0.0713 e. The highest BCUT2D eigenvalue weighted by Gasteiger charge is 2.46. The molecule has 1 aliphatic carbocycles. The Bertz CT molecular complexity index is 2980. The Morgan fingerprint density at radius 1 is 0.268 bits per heavy atom. The van der Waals surface area contributed by atoms with Gasteiger partial charge in [-0.25, -0.2) is 0 Å². The molecule has 1 heteroatoms. The maximum atomic E-state index is 2.44. The number of anilines is 3. The Morgan fingerprint density at radius 3 is 1.32 bits per heavy atom. The quantitative estimate of drug-likeness (QED) is 0.155. The summed E-state index contributed by atoms with van der Waals surface area (Å²) in [5.74, 6) is 0. The fourth-order valence-corrected chi connectivity index (χ4v) is 9.49. The molecule has 0 saturated heterocycles. The van der Waals surface area contributed by atoms with Crippen LogP contribution in [0.1, 0.15) is 22.3 Å². The molecule has 11 rings (SSSR count). The van der Waals surface area contributed by atoms with Crippen LogP contribution in [0, 0.1) is 0 Å². The van der Waals surface area contributed by atoms with Crippen molar-refractivity contribution in [3.8, 4) is 22.3 Å². The number of benzene rings is 10. The molecular weight excluding hydrogens is 675 g/mol. The normalized spacial score (nSPS) is 12.8. The van der Waals surface area contributed by atoms with Gasteiger partial charge in [0.1, 0.15) is 0 Å². The number of nitrogens with zero attached hydrogens (tertiary/aromatic N) is 1. The van der Waals surface area contributed by atoms with Crippen molar-refractivity contribution in [2.45, 2.75) is 5.41 Å². The van der Waals surface area contributed by atoms with Crippen molar-refractivity contribution >= 4 is 49.4 Å². The summed E-state index contributed by atoms with van der Waals surface area (Å²) in [5, 5.41) is 7.62. The van der Waals surface area contributed by atoms with Gasteiger partial charge in [-0.3, -0.25) is 0 Å². The second-order valence-electron chi connectivity index (χ2n) is 14.8. The third-order valence-electron chi connectivity index (χ3n) is 11.9. The van der Waals surface area contributed by atoms with Crippen molar-refractivity contribution in [2.24, 2.45) is 0 Å². The minimum Gasteiger partial charge on any atom is -0.310 e. The molecule has 10 aromatic rings. The second kappa shape index (κ2) is 13.0. The zero-order chi connectivity index (χ0) is 37.1. The Kier molecular flexibility index (Phi) is 7.47. The van der Waals surface area contributed by atoms with Crippen LogP contribution in [0.2, 0.25) is 0 Å². The van der Waals surface area contributed by atoms with E-state index >= 15 is 0 Å². The molecule has 1 aliphatic rings. The Labute approximate surface area is 327 Å². The summed E-state index contributed by atoms with van der Waals surface area (Å²) in [6.45, 7) is 0. The monoisotopic (exact) mass is 711 g/mol. The molecule has 0 radical (unpaired) electrons. The number of hydrogen-bond donors (Lipinski definition) is 0.